The quantitative estimate of drug-likeness (QED) is 0.166. The average molecular weight is 394 g/mol. The summed E-state index contributed by atoms with van der Waals surface area (Å²) in [4.78, 5) is 38.0. The van der Waals surface area contributed by atoms with E-state index in [0.29, 0.717) is 43.1 Å². The molecule has 1 fully saturated rings. The second kappa shape index (κ2) is 10.9. The van der Waals surface area contributed by atoms with Crippen LogP contribution in [0.3, 0.4) is 0 Å². The lowest BCUT2D eigenvalue weighted by atomic mass is 10.0. The topological polar surface area (TPSA) is 126 Å². The summed E-state index contributed by atoms with van der Waals surface area (Å²) in [6, 6.07) is 4.90. The van der Waals surface area contributed by atoms with Gasteiger partial charge in [0.15, 0.2) is 11.5 Å². The van der Waals surface area contributed by atoms with Gasteiger partial charge in [-0.25, -0.2) is 0 Å². The lowest BCUT2D eigenvalue weighted by molar-refractivity contribution is -0.757. The normalized spacial score (nSPS) is 14.5. The summed E-state index contributed by atoms with van der Waals surface area (Å²) in [6.45, 7) is 0.865. The molecule has 1 saturated heterocycles. The van der Waals surface area contributed by atoms with Crippen LogP contribution in [0.5, 0.6) is 11.5 Å². The number of esters is 1. The zero-order chi connectivity index (χ0) is 20.4. The Kier molecular flexibility index (Phi) is 8.22. The molecule has 0 aliphatic carbocycles. The van der Waals surface area contributed by atoms with E-state index in [1.165, 1.54) is 19.3 Å². The maximum atomic E-state index is 12.3. The molecule has 0 spiro atoms. The summed E-state index contributed by atoms with van der Waals surface area (Å²) in [7, 11) is 1.46. The van der Waals surface area contributed by atoms with Gasteiger partial charge in [-0.05, 0) is 36.6 Å². The molecule has 2 rings (SSSR count). The monoisotopic (exact) mass is 394 g/mol. The van der Waals surface area contributed by atoms with Gasteiger partial charge in [-0.3, -0.25) is 9.59 Å². The van der Waals surface area contributed by atoms with Crippen LogP contribution in [-0.4, -0.2) is 50.4 Å². The highest BCUT2D eigenvalue weighted by molar-refractivity contribution is 5.91. The molecular formula is C18H22N2O8. The van der Waals surface area contributed by atoms with E-state index in [0.717, 1.165) is 0 Å². The van der Waals surface area contributed by atoms with Crippen LogP contribution in [0, 0.1) is 16.0 Å². The van der Waals surface area contributed by atoms with E-state index >= 15 is 0 Å². The van der Waals surface area contributed by atoms with Gasteiger partial charge < -0.3 is 24.4 Å². The first-order valence-electron chi connectivity index (χ1n) is 8.70. The van der Waals surface area contributed by atoms with E-state index < -0.39 is 11.0 Å². The number of hydrogen-bond donors (Lipinski definition) is 1. The van der Waals surface area contributed by atoms with Gasteiger partial charge in [0.1, 0.15) is 6.61 Å². The van der Waals surface area contributed by atoms with Crippen molar-refractivity contribution in [3.05, 3.63) is 40.0 Å². The Morgan fingerprint density at radius 3 is 2.75 bits per heavy atom. The van der Waals surface area contributed by atoms with Crippen molar-refractivity contribution in [2.24, 2.45) is 5.92 Å². The first-order valence-corrected chi connectivity index (χ1v) is 8.70. The number of methoxy groups -OCH3 is 1. The van der Waals surface area contributed by atoms with Crippen molar-refractivity contribution in [2.45, 2.75) is 12.8 Å². The van der Waals surface area contributed by atoms with E-state index in [2.05, 4.69) is 10.2 Å². The summed E-state index contributed by atoms with van der Waals surface area (Å²) in [5, 5.41) is 11.5. The molecule has 1 aromatic carbocycles. The Morgan fingerprint density at radius 1 is 1.32 bits per heavy atom. The van der Waals surface area contributed by atoms with Crippen LogP contribution in [0.2, 0.25) is 0 Å². The second-order valence-corrected chi connectivity index (χ2v) is 5.90. The summed E-state index contributed by atoms with van der Waals surface area (Å²) < 4.78 is 16.0. The van der Waals surface area contributed by atoms with Gasteiger partial charge in [-0.15, -0.1) is 10.1 Å². The summed E-state index contributed by atoms with van der Waals surface area (Å²) in [5.74, 6) is -0.275. The van der Waals surface area contributed by atoms with Crippen LogP contribution in [0.25, 0.3) is 6.08 Å². The number of benzene rings is 1. The fourth-order valence-corrected chi connectivity index (χ4v) is 2.52. The molecular weight excluding hydrogens is 372 g/mol. The number of carbonyl (C=O) groups excluding carboxylic acids is 2. The number of ether oxygens (including phenoxy) is 3. The number of nitrogens with one attached hydrogen (secondary N) is 1. The van der Waals surface area contributed by atoms with Gasteiger partial charge in [-0.1, -0.05) is 6.07 Å². The first kappa shape index (κ1) is 21.2. The number of carbonyl (C=O) groups is 2. The smallest absolute Gasteiger partial charge is 0.314 e. The third kappa shape index (κ3) is 6.88. The van der Waals surface area contributed by atoms with Crippen LogP contribution in [0.4, 0.5) is 0 Å². The largest absolute Gasteiger partial charge is 0.493 e. The molecule has 1 aliphatic heterocycles. The SMILES string of the molecule is COc1cc(/C=C/C(=O)NCCO[N+](=O)[O-])ccc1OC(=O)C1CCOCC1. The van der Waals surface area contributed by atoms with E-state index in [9.17, 15) is 19.7 Å². The van der Waals surface area contributed by atoms with Crippen LogP contribution in [-0.2, 0) is 19.2 Å². The molecule has 1 N–H and O–H groups in total. The van der Waals surface area contributed by atoms with E-state index in [1.54, 1.807) is 18.2 Å². The van der Waals surface area contributed by atoms with E-state index in [4.69, 9.17) is 14.2 Å². The maximum Gasteiger partial charge on any atom is 0.314 e. The molecule has 10 heteroatoms. The Labute approximate surface area is 161 Å². The molecule has 152 valence electrons. The fraction of sp³-hybridized carbons (Fsp3) is 0.444. The molecule has 1 aliphatic rings. The highest BCUT2D eigenvalue weighted by Gasteiger charge is 2.24. The Hall–Kier alpha value is -3.14. The van der Waals surface area contributed by atoms with Crippen LogP contribution < -0.4 is 14.8 Å². The van der Waals surface area contributed by atoms with Crippen molar-refractivity contribution in [2.75, 3.05) is 33.5 Å². The number of rotatable bonds is 9. The molecule has 1 amide bonds. The number of nitrogens with zero attached hydrogens (tertiary/aromatic N) is 1. The predicted octanol–water partition coefficient (Wildman–Crippen LogP) is 1.36. The molecule has 0 unspecified atom stereocenters. The Balaban J connectivity index is 1.91. The first-order chi connectivity index (χ1) is 13.5. The summed E-state index contributed by atoms with van der Waals surface area (Å²) in [6.07, 6.45) is 4.07. The Morgan fingerprint density at radius 2 is 2.07 bits per heavy atom. The molecule has 28 heavy (non-hydrogen) atoms. The van der Waals surface area contributed by atoms with Crippen LogP contribution in [0.15, 0.2) is 24.3 Å². The van der Waals surface area contributed by atoms with Crippen molar-refractivity contribution in [1.82, 2.24) is 5.32 Å². The molecule has 1 aromatic rings. The van der Waals surface area contributed by atoms with Crippen molar-refractivity contribution < 1.29 is 33.7 Å². The third-order valence-electron chi connectivity index (χ3n) is 3.98. The van der Waals surface area contributed by atoms with Gasteiger partial charge >= 0.3 is 5.97 Å². The molecule has 0 saturated carbocycles. The van der Waals surface area contributed by atoms with Gasteiger partial charge in [0.2, 0.25) is 5.91 Å². The maximum absolute atomic E-state index is 12.3. The molecule has 1 heterocycles. The minimum Gasteiger partial charge on any atom is -0.493 e. The third-order valence-corrected chi connectivity index (χ3v) is 3.98. The van der Waals surface area contributed by atoms with Crippen molar-refractivity contribution in [3.8, 4) is 11.5 Å². The second-order valence-electron chi connectivity index (χ2n) is 5.90. The van der Waals surface area contributed by atoms with Gasteiger partial charge in [0, 0.05) is 25.8 Å². The van der Waals surface area contributed by atoms with Crippen molar-refractivity contribution in [1.29, 1.82) is 0 Å². The molecule has 0 bridgehead atoms. The Bertz CT molecular complexity index is 728. The van der Waals surface area contributed by atoms with Gasteiger partial charge in [-0.2, -0.15) is 0 Å². The zero-order valence-electron chi connectivity index (χ0n) is 15.4. The van der Waals surface area contributed by atoms with Gasteiger partial charge in [0.25, 0.3) is 5.09 Å². The molecule has 0 radical (unpaired) electrons. The number of hydrogen-bond acceptors (Lipinski definition) is 8. The minimum atomic E-state index is -0.926. The molecule has 0 aromatic heterocycles. The van der Waals surface area contributed by atoms with Crippen LogP contribution >= 0.6 is 0 Å². The molecule has 10 nitrogen and oxygen atoms in total. The standard InChI is InChI=1S/C18H22N2O8/c1-25-16-12-13(3-5-17(21)19-8-11-27-20(23)24)2-4-15(16)28-18(22)14-6-9-26-10-7-14/h2-5,12,14H,6-11H2,1H3,(H,19,21)/b5-3+. The predicted molar refractivity (Wildman–Crippen MR) is 97.2 cm³/mol. The van der Waals surface area contributed by atoms with E-state index in [-0.39, 0.29) is 25.0 Å². The summed E-state index contributed by atoms with van der Waals surface area (Å²) >= 11 is 0. The zero-order valence-corrected chi connectivity index (χ0v) is 15.4. The fourth-order valence-electron chi connectivity index (χ4n) is 2.52. The van der Waals surface area contributed by atoms with Gasteiger partial charge in [0.05, 0.1) is 13.0 Å². The average Bonchev–Trinajstić information content (AvgIpc) is 2.70. The lowest BCUT2D eigenvalue weighted by Gasteiger charge is -2.20. The number of amides is 1. The molecule has 0 atom stereocenters. The van der Waals surface area contributed by atoms with Crippen LogP contribution in [0.1, 0.15) is 18.4 Å². The highest BCUT2D eigenvalue weighted by Crippen LogP contribution is 2.30. The van der Waals surface area contributed by atoms with E-state index in [1.807, 2.05) is 0 Å². The van der Waals surface area contributed by atoms with Crippen molar-refractivity contribution in [3.63, 3.8) is 0 Å². The van der Waals surface area contributed by atoms with Crippen molar-refractivity contribution >= 4 is 18.0 Å². The highest BCUT2D eigenvalue weighted by atomic mass is 16.9. The summed E-state index contributed by atoms with van der Waals surface area (Å²) in [5.41, 5.74) is 0.652. The lowest BCUT2D eigenvalue weighted by Crippen LogP contribution is -2.27. The minimum absolute atomic E-state index is 0.00850.